The average molecular weight is 332 g/mol. The molecule has 0 aliphatic carbocycles. The van der Waals surface area contributed by atoms with Crippen molar-refractivity contribution in [1.82, 2.24) is 0 Å². The van der Waals surface area contributed by atoms with Gasteiger partial charge in [-0.3, -0.25) is 14.4 Å². The highest BCUT2D eigenvalue weighted by Gasteiger charge is 2.51. The van der Waals surface area contributed by atoms with E-state index >= 15 is 0 Å². The Morgan fingerprint density at radius 2 is 1.05 bits per heavy atom. The van der Waals surface area contributed by atoms with Crippen LogP contribution >= 0.6 is 0 Å². The first-order valence-corrected chi connectivity index (χ1v) is 9.83. The molecule has 0 saturated carbocycles. The minimum atomic E-state index is -3.61. The van der Waals surface area contributed by atoms with Gasteiger partial charge in [0.2, 0.25) is 0 Å². The number of rotatable bonds is 11. The molecular weight excluding hydrogens is 304 g/mol. The van der Waals surface area contributed by atoms with Gasteiger partial charge in [-0.2, -0.15) is 0 Å². The summed E-state index contributed by atoms with van der Waals surface area (Å²) in [7, 11) is -3.61. The maximum absolute atomic E-state index is 11.3. The zero-order valence-electron chi connectivity index (χ0n) is 14.1. The van der Waals surface area contributed by atoms with E-state index in [9.17, 15) is 14.4 Å². The molecule has 0 aliphatic heterocycles. The number of carbonyl (C=O) groups excluding carboxylic acids is 3. The maximum atomic E-state index is 11.3. The number of carbonyl (C=O) groups is 3. The van der Waals surface area contributed by atoms with Gasteiger partial charge in [0.15, 0.2) is 0 Å². The van der Waals surface area contributed by atoms with E-state index in [-0.39, 0.29) is 6.04 Å². The summed E-state index contributed by atoms with van der Waals surface area (Å²) in [4.78, 5) is 33.8. The SMILES string of the molecule is CCCCCCCCC[Si](OC(C)=O)(OC(C)=O)OC(C)=O. The van der Waals surface area contributed by atoms with Crippen LogP contribution in [0.15, 0.2) is 0 Å². The van der Waals surface area contributed by atoms with Gasteiger partial charge in [-0.15, -0.1) is 0 Å². The fraction of sp³-hybridized carbons (Fsp3) is 0.800. The molecule has 0 radical (unpaired) electrons. The van der Waals surface area contributed by atoms with Crippen LogP contribution in [-0.4, -0.2) is 26.7 Å². The standard InChI is InChI=1S/C15H28O6Si/c1-5-6-7-8-9-10-11-12-22(19-13(2)16,20-14(3)17)21-15(4)18/h5-12H2,1-4H3. The molecule has 0 N–H and O–H groups in total. The smallest absolute Gasteiger partial charge is 0.455 e. The van der Waals surface area contributed by atoms with Crippen molar-refractivity contribution in [2.24, 2.45) is 0 Å². The zero-order valence-corrected chi connectivity index (χ0v) is 15.1. The van der Waals surface area contributed by atoms with Crippen LogP contribution in [0.4, 0.5) is 0 Å². The Morgan fingerprint density at radius 1 is 0.682 bits per heavy atom. The Morgan fingerprint density at radius 3 is 1.41 bits per heavy atom. The van der Waals surface area contributed by atoms with Crippen LogP contribution in [0, 0.1) is 0 Å². The van der Waals surface area contributed by atoms with Crippen molar-refractivity contribution in [2.75, 3.05) is 0 Å². The molecule has 7 heteroatoms. The lowest BCUT2D eigenvalue weighted by atomic mass is 10.1. The minimum absolute atomic E-state index is 0.277. The van der Waals surface area contributed by atoms with E-state index in [4.69, 9.17) is 13.3 Å². The van der Waals surface area contributed by atoms with Crippen molar-refractivity contribution in [2.45, 2.75) is 78.7 Å². The molecule has 0 heterocycles. The van der Waals surface area contributed by atoms with Crippen LogP contribution in [0.2, 0.25) is 6.04 Å². The van der Waals surface area contributed by atoms with Gasteiger partial charge < -0.3 is 13.3 Å². The second-order valence-electron chi connectivity index (χ2n) is 5.34. The second kappa shape index (κ2) is 11.2. The summed E-state index contributed by atoms with van der Waals surface area (Å²) in [6.45, 7) is 5.79. The van der Waals surface area contributed by atoms with Gasteiger partial charge in [0.25, 0.3) is 17.9 Å². The predicted molar refractivity (Wildman–Crippen MR) is 83.9 cm³/mol. The first-order valence-electron chi connectivity index (χ1n) is 7.90. The molecule has 0 amide bonds. The third kappa shape index (κ3) is 10.4. The van der Waals surface area contributed by atoms with E-state index in [1.165, 1.54) is 40.0 Å². The molecule has 0 aromatic carbocycles. The van der Waals surface area contributed by atoms with Crippen LogP contribution in [0.3, 0.4) is 0 Å². The monoisotopic (exact) mass is 332 g/mol. The molecule has 0 atom stereocenters. The molecule has 0 aromatic heterocycles. The van der Waals surface area contributed by atoms with Crippen molar-refractivity contribution in [1.29, 1.82) is 0 Å². The van der Waals surface area contributed by atoms with Gasteiger partial charge in [0.05, 0.1) is 6.04 Å². The highest BCUT2D eigenvalue weighted by Crippen LogP contribution is 2.21. The Bertz CT molecular complexity index is 328. The lowest BCUT2D eigenvalue weighted by molar-refractivity contribution is -0.147. The van der Waals surface area contributed by atoms with Crippen molar-refractivity contribution >= 4 is 26.7 Å². The highest BCUT2D eigenvalue weighted by atomic mass is 28.4. The van der Waals surface area contributed by atoms with E-state index in [1.54, 1.807) is 0 Å². The van der Waals surface area contributed by atoms with Gasteiger partial charge in [-0.05, 0) is 6.42 Å². The summed E-state index contributed by atoms with van der Waals surface area (Å²) >= 11 is 0. The van der Waals surface area contributed by atoms with Crippen LogP contribution < -0.4 is 0 Å². The molecule has 0 fully saturated rings. The summed E-state index contributed by atoms with van der Waals surface area (Å²) in [6.07, 6.45) is 7.45. The van der Waals surface area contributed by atoms with Gasteiger partial charge in [0, 0.05) is 20.8 Å². The lowest BCUT2D eigenvalue weighted by Gasteiger charge is -2.26. The summed E-state index contributed by atoms with van der Waals surface area (Å²) in [5, 5.41) is 0. The summed E-state index contributed by atoms with van der Waals surface area (Å²) < 4.78 is 15.4. The zero-order chi connectivity index (χ0) is 17.0. The van der Waals surface area contributed by atoms with Gasteiger partial charge in [-0.1, -0.05) is 45.4 Å². The summed E-state index contributed by atoms with van der Waals surface area (Å²) in [6, 6.07) is 0.277. The minimum Gasteiger partial charge on any atom is -0.455 e. The van der Waals surface area contributed by atoms with Gasteiger partial charge >= 0.3 is 8.80 Å². The Balaban J connectivity index is 4.51. The fourth-order valence-corrected chi connectivity index (χ4v) is 4.60. The fourth-order valence-electron chi connectivity index (χ4n) is 2.17. The lowest BCUT2D eigenvalue weighted by Crippen LogP contribution is -2.49. The number of unbranched alkanes of at least 4 members (excludes halogenated alkanes) is 6. The van der Waals surface area contributed by atoms with Gasteiger partial charge in [0.1, 0.15) is 0 Å². The van der Waals surface area contributed by atoms with Crippen molar-refractivity contribution in [3.05, 3.63) is 0 Å². The molecule has 0 spiro atoms. The van der Waals surface area contributed by atoms with Crippen LogP contribution in [0.1, 0.15) is 72.6 Å². The largest absolute Gasteiger partial charge is 0.705 e. The Kier molecular flexibility index (Phi) is 10.5. The number of hydrogen-bond acceptors (Lipinski definition) is 6. The highest BCUT2D eigenvalue weighted by molar-refractivity contribution is 6.65. The molecule has 6 nitrogen and oxygen atoms in total. The maximum Gasteiger partial charge on any atom is 0.705 e. The van der Waals surface area contributed by atoms with E-state index in [0.717, 1.165) is 19.3 Å². The molecule has 0 bridgehead atoms. The van der Waals surface area contributed by atoms with E-state index in [2.05, 4.69) is 6.92 Å². The van der Waals surface area contributed by atoms with Crippen molar-refractivity contribution in [3.63, 3.8) is 0 Å². The van der Waals surface area contributed by atoms with E-state index < -0.39 is 26.7 Å². The molecule has 22 heavy (non-hydrogen) atoms. The van der Waals surface area contributed by atoms with Crippen molar-refractivity contribution < 1.29 is 27.7 Å². The second-order valence-corrected chi connectivity index (χ2v) is 7.81. The molecule has 0 rings (SSSR count). The quantitative estimate of drug-likeness (QED) is 0.426. The molecule has 0 aromatic rings. The molecular formula is C15H28O6Si. The third-order valence-electron chi connectivity index (χ3n) is 2.98. The van der Waals surface area contributed by atoms with Crippen LogP contribution in [-0.2, 0) is 27.7 Å². The normalized spacial score (nSPS) is 10.9. The first-order chi connectivity index (χ1) is 10.3. The van der Waals surface area contributed by atoms with E-state index in [0.29, 0.717) is 6.42 Å². The summed E-state index contributed by atoms with van der Waals surface area (Å²) in [5.41, 5.74) is 0. The Hall–Kier alpha value is -1.37. The first kappa shape index (κ1) is 20.6. The predicted octanol–water partition coefficient (Wildman–Crippen LogP) is 3.37. The van der Waals surface area contributed by atoms with Gasteiger partial charge in [-0.25, -0.2) is 0 Å². The van der Waals surface area contributed by atoms with Crippen molar-refractivity contribution in [3.8, 4) is 0 Å². The molecule has 128 valence electrons. The van der Waals surface area contributed by atoms with Crippen LogP contribution in [0.5, 0.6) is 0 Å². The third-order valence-corrected chi connectivity index (χ3v) is 5.75. The van der Waals surface area contributed by atoms with E-state index in [1.807, 2.05) is 0 Å². The molecule has 0 aliphatic rings. The molecule has 0 saturated heterocycles. The molecule has 0 unspecified atom stereocenters. The van der Waals surface area contributed by atoms with Crippen LogP contribution in [0.25, 0.3) is 0 Å². The topological polar surface area (TPSA) is 78.9 Å². The summed E-state index contributed by atoms with van der Waals surface area (Å²) in [5.74, 6) is -1.84. The number of hydrogen-bond donors (Lipinski definition) is 0. The Labute approximate surface area is 133 Å². The average Bonchev–Trinajstić information content (AvgIpc) is 2.35.